The van der Waals surface area contributed by atoms with Crippen molar-refractivity contribution in [1.29, 1.82) is 0 Å². The molecule has 1 atom stereocenters. The Kier molecular flexibility index (Phi) is 6.71. The van der Waals surface area contributed by atoms with Crippen LogP contribution in [0.15, 0.2) is 0 Å². The minimum Gasteiger partial charge on any atom is -0.316 e. The Morgan fingerprint density at radius 1 is 1.06 bits per heavy atom. The van der Waals surface area contributed by atoms with Crippen LogP contribution < -0.4 is 5.32 Å². The van der Waals surface area contributed by atoms with E-state index in [1.807, 2.05) is 0 Å². The van der Waals surface area contributed by atoms with Crippen LogP contribution >= 0.6 is 12.4 Å². The van der Waals surface area contributed by atoms with Crippen molar-refractivity contribution >= 4 is 12.4 Å². The second-order valence-corrected chi connectivity index (χ2v) is 5.36. The number of rotatable bonds is 5. The van der Waals surface area contributed by atoms with Gasteiger partial charge in [0, 0.05) is 13.1 Å². The van der Waals surface area contributed by atoms with E-state index >= 15 is 0 Å². The standard InChI is InChI=1S/C13H26N2.ClH/c1-2-15(10-12-5-3-6-12)11-13-7-4-8-14-9-13;/h12-14H,2-11H2,1H3;1H. The fourth-order valence-corrected chi connectivity index (χ4v) is 2.82. The van der Waals surface area contributed by atoms with Gasteiger partial charge in [-0.15, -0.1) is 12.4 Å². The van der Waals surface area contributed by atoms with Crippen LogP contribution in [0.2, 0.25) is 0 Å². The van der Waals surface area contributed by atoms with E-state index < -0.39 is 0 Å². The number of hydrogen-bond donors (Lipinski definition) is 1. The van der Waals surface area contributed by atoms with Crippen molar-refractivity contribution in [2.75, 3.05) is 32.7 Å². The van der Waals surface area contributed by atoms with Crippen molar-refractivity contribution in [3.05, 3.63) is 0 Å². The predicted octanol–water partition coefficient (Wildman–Crippen LogP) is 2.53. The van der Waals surface area contributed by atoms with Crippen LogP contribution in [-0.4, -0.2) is 37.6 Å². The molecule has 96 valence electrons. The van der Waals surface area contributed by atoms with E-state index in [2.05, 4.69) is 17.1 Å². The second-order valence-electron chi connectivity index (χ2n) is 5.36. The van der Waals surface area contributed by atoms with Crippen LogP contribution in [0.1, 0.15) is 39.0 Å². The first-order valence-electron chi connectivity index (χ1n) is 6.81. The molecule has 2 rings (SSSR count). The van der Waals surface area contributed by atoms with Gasteiger partial charge >= 0.3 is 0 Å². The Hall–Kier alpha value is 0.210. The van der Waals surface area contributed by atoms with E-state index in [1.165, 1.54) is 64.8 Å². The van der Waals surface area contributed by atoms with Gasteiger partial charge in [-0.2, -0.15) is 0 Å². The molecule has 1 saturated heterocycles. The van der Waals surface area contributed by atoms with Crippen molar-refractivity contribution in [2.24, 2.45) is 11.8 Å². The average molecular weight is 247 g/mol. The van der Waals surface area contributed by atoms with Crippen LogP contribution in [0.25, 0.3) is 0 Å². The van der Waals surface area contributed by atoms with Crippen molar-refractivity contribution in [2.45, 2.75) is 39.0 Å². The molecular weight excluding hydrogens is 220 g/mol. The summed E-state index contributed by atoms with van der Waals surface area (Å²) in [6, 6.07) is 0. The topological polar surface area (TPSA) is 15.3 Å². The third-order valence-electron chi connectivity index (χ3n) is 4.10. The molecule has 2 fully saturated rings. The molecule has 16 heavy (non-hydrogen) atoms. The summed E-state index contributed by atoms with van der Waals surface area (Å²) < 4.78 is 0. The third kappa shape index (κ3) is 4.23. The number of nitrogens with one attached hydrogen (secondary N) is 1. The highest BCUT2D eigenvalue weighted by Crippen LogP contribution is 2.27. The molecule has 2 aliphatic rings. The lowest BCUT2D eigenvalue weighted by molar-refractivity contribution is 0.154. The van der Waals surface area contributed by atoms with Crippen molar-refractivity contribution in [1.82, 2.24) is 10.2 Å². The van der Waals surface area contributed by atoms with E-state index in [4.69, 9.17) is 0 Å². The maximum absolute atomic E-state index is 3.52. The first kappa shape index (κ1) is 14.3. The van der Waals surface area contributed by atoms with Gasteiger partial charge in [-0.05, 0) is 57.2 Å². The predicted molar refractivity (Wildman–Crippen MR) is 72.3 cm³/mol. The largest absolute Gasteiger partial charge is 0.316 e. The van der Waals surface area contributed by atoms with Gasteiger partial charge in [0.1, 0.15) is 0 Å². The zero-order valence-corrected chi connectivity index (χ0v) is 11.4. The molecule has 1 aliphatic carbocycles. The molecule has 0 aromatic carbocycles. The molecule has 0 amide bonds. The Bertz CT molecular complexity index is 177. The number of piperidine rings is 1. The second kappa shape index (κ2) is 7.52. The van der Waals surface area contributed by atoms with Gasteiger partial charge in [-0.3, -0.25) is 0 Å². The average Bonchev–Trinajstić information content (AvgIpc) is 2.23. The van der Waals surface area contributed by atoms with Gasteiger partial charge in [0.25, 0.3) is 0 Å². The lowest BCUT2D eigenvalue weighted by Gasteiger charge is -2.34. The van der Waals surface area contributed by atoms with E-state index in [-0.39, 0.29) is 12.4 Å². The molecule has 2 nitrogen and oxygen atoms in total. The monoisotopic (exact) mass is 246 g/mol. The van der Waals surface area contributed by atoms with Crippen molar-refractivity contribution < 1.29 is 0 Å². The number of nitrogens with zero attached hydrogens (tertiary/aromatic N) is 1. The van der Waals surface area contributed by atoms with Crippen LogP contribution in [0.4, 0.5) is 0 Å². The fourth-order valence-electron chi connectivity index (χ4n) is 2.82. The summed E-state index contributed by atoms with van der Waals surface area (Å²) in [6.07, 6.45) is 7.27. The first-order valence-corrected chi connectivity index (χ1v) is 6.81. The fraction of sp³-hybridized carbons (Fsp3) is 1.00. The molecule has 0 spiro atoms. The Morgan fingerprint density at radius 3 is 2.25 bits per heavy atom. The normalized spacial score (nSPS) is 26.2. The Morgan fingerprint density at radius 2 is 1.75 bits per heavy atom. The van der Waals surface area contributed by atoms with Gasteiger partial charge in [0.15, 0.2) is 0 Å². The highest BCUT2D eigenvalue weighted by Gasteiger charge is 2.22. The number of hydrogen-bond acceptors (Lipinski definition) is 2. The zero-order chi connectivity index (χ0) is 10.5. The molecule has 0 aromatic rings. The van der Waals surface area contributed by atoms with E-state index in [9.17, 15) is 0 Å². The van der Waals surface area contributed by atoms with E-state index in [0.717, 1.165) is 11.8 Å². The summed E-state index contributed by atoms with van der Waals surface area (Å²) in [5, 5.41) is 3.52. The minimum absolute atomic E-state index is 0. The lowest BCUT2D eigenvalue weighted by atomic mass is 9.85. The molecule has 0 aromatic heterocycles. The van der Waals surface area contributed by atoms with E-state index in [1.54, 1.807) is 0 Å². The zero-order valence-electron chi connectivity index (χ0n) is 10.6. The highest BCUT2D eigenvalue weighted by molar-refractivity contribution is 5.85. The molecule has 3 heteroatoms. The summed E-state index contributed by atoms with van der Waals surface area (Å²) in [5.41, 5.74) is 0. The minimum atomic E-state index is 0. The molecule has 1 saturated carbocycles. The first-order chi connectivity index (χ1) is 7.38. The molecule has 1 aliphatic heterocycles. The smallest absolute Gasteiger partial charge is 0.00218 e. The molecule has 1 unspecified atom stereocenters. The SMILES string of the molecule is CCN(CC1CCC1)CC1CCCNC1.Cl. The van der Waals surface area contributed by atoms with Crippen LogP contribution in [-0.2, 0) is 0 Å². The molecule has 0 bridgehead atoms. The maximum atomic E-state index is 3.52. The van der Waals surface area contributed by atoms with Gasteiger partial charge in [0.05, 0.1) is 0 Å². The Balaban J connectivity index is 0.00000128. The summed E-state index contributed by atoms with van der Waals surface area (Å²) in [7, 11) is 0. The lowest BCUT2D eigenvalue weighted by Crippen LogP contribution is -2.40. The molecule has 1 N–H and O–H groups in total. The molecular formula is C13H27ClN2. The van der Waals surface area contributed by atoms with Crippen LogP contribution in [0.3, 0.4) is 0 Å². The maximum Gasteiger partial charge on any atom is 0.00218 e. The Labute approximate surface area is 107 Å². The van der Waals surface area contributed by atoms with Crippen molar-refractivity contribution in [3.8, 4) is 0 Å². The van der Waals surface area contributed by atoms with Crippen LogP contribution in [0, 0.1) is 11.8 Å². The van der Waals surface area contributed by atoms with Gasteiger partial charge in [-0.1, -0.05) is 13.3 Å². The quantitative estimate of drug-likeness (QED) is 0.802. The van der Waals surface area contributed by atoms with Gasteiger partial charge in [0.2, 0.25) is 0 Å². The van der Waals surface area contributed by atoms with Gasteiger partial charge < -0.3 is 10.2 Å². The highest BCUT2D eigenvalue weighted by atomic mass is 35.5. The van der Waals surface area contributed by atoms with Crippen molar-refractivity contribution in [3.63, 3.8) is 0 Å². The van der Waals surface area contributed by atoms with Crippen LogP contribution in [0.5, 0.6) is 0 Å². The van der Waals surface area contributed by atoms with E-state index in [0.29, 0.717) is 0 Å². The summed E-state index contributed by atoms with van der Waals surface area (Å²) >= 11 is 0. The number of halogens is 1. The molecule has 1 heterocycles. The third-order valence-corrected chi connectivity index (χ3v) is 4.10. The summed E-state index contributed by atoms with van der Waals surface area (Å²) in [4.78, 5) is 2.68. The summed E-state index contributed by atoms with van der Waals surface area (Å²) in [6.45, 7) is 8.75. The molecule has 0 radical (unpaired) electrons. The van der Waals surface area contributed by atoms with Gasteiger partial charge in [-0.25, -0.2) is 0 Å². The summed E-state index contributed by atoms with van der Waals surface area (Å²) in [5.74, 6) is 1.94.